The summed E-state index contributed by atoms with van der Waals surface area (Å²) in [7, 11) is 0. The Balaban J connectivity index is 2.55. The third kappa shape index (κ3) is 2.08. The predicted molar refractivity (Wildman–Crippen MR) is 59.7 cm³/mol. The Morgan fingerprint density at radius 2 is 1.77 bits per heavy atom. The van der Waals surface area contributed by atoms with Crippen LogP contribution in [0.4, 0.5) is 0 Å². The molecule has 1 aliphatic carbocycles. The van der Waals surface area contributed by atoms with Crippen molar-refractivity contribution in [1.82, 2.24) is 0 Å². The van der Waals surface area contributed by atoms with Gasteiger partial charge in [0.2, 0.25) is 0 Å². The van der Waals surface area contributed by atoms with E-state index in [0.717, 1.165) is 17.8 Å². The molecule has 0 N–H and O–H groups in total. The Morgan fingerprint density at radius 3 is 2.08 bits per heavy atom. The first-order chi connectivity index (χ1) is 6.00. The van der Waals surface area contributed by atoms with E-state index in [1.165, 1.54) is 25.7 Å². The molecule has 1 rings (SSSR count). The van der Waals surface area contributed by atoms with Crippen molar-refractivity contribution in [1.29, 1.82) is 0 Å². The molecule has 0 saturated heterocycles. The zero-order chi connectivity index (χ0) is 10.1. The molecule has 1 fully saturated rings. The molecule has 0 spiro atoms. The van der Waals surface area contributed by atoms with Crippen molar-refractivity contribution in [3.8, 4) is 0 Å². The topological polar surface area (TPSA) is 0 Å². The fourth-order valence-corrected chi connectivity index (χ4v) is 2.52. The molecule has 1 aliphatic rings. The third-order valence-corrected chi connectivity index (χ3v) is 4.91. The number of hydrogen-bond donors (Lipinski definition) is 0. The quantitative estimate of drug-likeness (QED) is 0.600. The lowest BCUT2D eigenvalue weighted by Gasteiger charge is -2.45. The maximum absolute atomic E-state index is 2.47. The summed E-state index contributed by atoms with van der Waals surface area (Å²) in [6.07, 6.45) is 5.78. The molecule has 1 saturated carbocycles. The zero-order valence-electron chi connectivity index (χ0n) is 10.1. The van der Waals surface area contributed by atoms with E-state index in [0.29, 0.717) is 5.41 Å². The van der Waals surface area contributed by atoms with Crippen LogP contribution in [0.15, 0.2) is 0 Å². The largest absolute Gasteiger partial charge is 0.0651 e. The predicted octanol–water partition coefficient (Wildman–Crippen LogP) is 4.49. The molecular weight excluding hydrogens is 156 g/mol. The van der Waals surface area contributed by atoms with Crippen molar-refractivity contribution < 1.29 is 0 Å². The van der Waals surface area contributed by atoms with E-state index in [2.05, 4.69) is 34.6 Å². The van der Waals surface area contributed by atoms with Crippen LogP contribution in [0.3, 0.4) is 0 Å². The highest BCUT2D eigenvalue weighted by Crippen LogP contribution is 2.46. The molecule has 0 aromatic rings. The van der Waals surface area contributed by atoms with Gasteiger partial charge in [0.15, 0.2) is 0 Å². The highest BCUT2D eigenvalue weighted by atomic mass is 14.4. The summed E-state index contributed by atoms with van der Waals surface area (Å²) in [6, 6.07) is 0. The second-order valence-corrected chi connectivity index (χ2v) is 5.61. The van der Waals surface area contributed by atoms with Crippen LogP contribution in [0, 0.1) is 23.2 Å². The summed E-state index contributed by atoms with van der Waals surface area (Å²) in [5, 5.41) is 0. The zero-order valence-corrected chi connectivity index (χ0v) is 10.1. The van der Waals surface area contributed by atoms with E-state index in [4.69, 9.17) is 0 Å². The van der Waals surface area contributed by atoms with E-state index >= 15 is 0 Å². The van der Waals surface area contributed by atoms with Gasteiger partial charge in [0.25, 0.3) is 0 Å². The highest BCUT2D eigenvalue weighted by molar-refractivity contribution is 4.87. The molecule has 13 heavy (non-hydrogen) atoms. The lowest BCUT2D eigenvalue weighted by Crippen LogP contribution is -2.36. The minimum absolute atomic E-state index is 0.542. The Bertz CT molecular complexity index is 153. The molecule has 0 radical (unpaired) electrons. The molecule has 0 heteroatoms. The average Bonchev–Trinajstić information content (AvgIpc) is 1.99. The van der Waals surface area contributed by atoms with Gasteiger partial charge in [-0.15, -0.1) is 0 Å². The molecule has 0 aromatic heterocycles. The second-order valence-electron chi connectivity index (χ2n) is 5.61. The van der Waals surface area contributed by atoms with Crippen LogP contribution < -0.4 is 0 Å². The van der Waals surface area contributed by atoms with Crippen LogP contribution in [-0.2, 0) is 0 Å². The van der Waals surface area contributed by atoms with Crippen LogP contribution >= 0.6 is 0 Å². The first kappa shape index (κ1) is 11.1. The van der Waals surface area contributed by atoms with Crippen LogP contribution in [0.5, 0.6) is 0 Å². The van der Waals surface area contributed by atoms with Crippen molar-refractivity contribution in [3.05, 3.63) is 0 Å². The molecule has 0 bridgehead atoms. The second kappa shape index (κ2) is 4.02. The molecular formula is C13H26. The SMILES string of the molecule is CCC(C)C(C)(C)C(C)C1CCC1. The number of rotatable bonds is 4. The van der Waals surface area contributed by atoms with Crippen molar-refractivity contribution in [3.63, 3.8) is 0 Å². The monoisotopic (exact) mass is 182 g/mol. The highest BCUT2D eigenvalue weighted by Gasteiger charge is 2.37. The van der Waals surface area contributed by atoms with Crippen molar-refractivity contribution in [2.24, 2.45) is 23.2 Å². The summed E-state index contributed by atoms with van der Waals surface area (Å²) in [6.45, 7) is 12.1. The van der Waals surface area contributed by atoms with E-state index in [1.807, 2.05) is 0 Å². The first-order valence-corrected chi connectivity index (χ1v) is 6.00. The fourth-order valence-electron chi connectivity index (χ4n) is 2.52. The lowest BCUT2D eigenvalue weighted by atomic mass is 9.61. The van der Waals surface area contributed by atoms with Crippen LogP contribution in [0.2, 0.25) is 0 Å². The van der Waals surface area contributed by atoms with Gasteiger partial charge in [0, 0.05) is 0 Å². The molecule has 0 aromatic carbocycles. The smallest absolute Gasteiger partial charge is 0.0300 e. The summed E-state index contributed by atoms with van der Waals surface area (Å²) in [5.74, 6) is 2.81. The van der Waals surface area contributed by atoms with Gasteiger partial charge in [-0.2, -0.15) is 0 Å². The van der Waals surface area contributed by atoms with E-state index in [1.54, 1.807) is 0 Å². The van der Waals surface area contributed by atoms with Gasteiger partial charge in [0.05, 0.1) is 0 Å². The van der Waals surface area contributed by atoms with E-state index < -0.39 is 0 Å². The fraction of sp³-hybridized carbons (Fsp3) is 1.00. The maximum atomic E-state index is 2.47. The van der Waals surface area contributed by atoms with Crippen molar-refractivity contribution in [2.75, 3.05) is 0 Å². The molecule has 0 heterocycles. The molecule has 78 valence electrons. The summed E-state index contributed by atoms with van der Waals surface area (Å²) < 4.78 is 0. The van der Waals surface area contributed by atoms with Gasteiger partial charge in [-0.3, -0.25) is 0 Å². The Kier molecular flexibility index (Phi) is 3.43. The lowest BCUT2D eigenvalue weighted by molar-refractivity contribution is 0.0509. The van der Waals surface area contributed by atoms with Gasteiger partial charge >= 0.3 is 0 Å². The molecule has 0 amide bonds. The third-order valence-electron chi connectivity index (χ3n) is 4.91. The Hall–Kier alpha value is 0. The van der Waals surface area contributed by atoms with Crippen LogP contribution in [-0.4, -0.2) is 0 Å². The van der Waals surface area contributed by atoms with Crippen molar-refractivity contribution >= 4 is 0 Å². The maximum Gasteiger partial charge on any atom is -0.0300 e. The van der Waals surface area contributed by atoms with Gasteiger partial charge in [-0.25, -0.2) is 0 Å². The van der Waals surface area contributed by atoms with Crippen LogP contribution in [0.25, 0.3) is 0 Å². The van der Waals surface area contributed by atoms with Gasteiger partial charge in [0.1, 0.15) is 0 Å². The Morgan fingerprint density at radius 1 is 1.23 bits per heavy atom. The normalized spacial score (nSPS) is 23.8. The molecule has 0 nitrogen and oxygen atoms in total. The molecule has 2 unspecified atom stereocenters. The van der Waals surface area contributed by atoms with E-state index in [-0.39, 0.29) is 0 Å². The molecule has 2 atom stereocenters. The van der Waals surface area contributed by atoms with Crippen molar-refractivity contribution in [2.45, 2.75) is 60.3 Å². The minimum atomic E-state index is 0.542. The standard InChI is InChI=1S/C13H26/c1-6-10(2)13(4,5)11(3)12-8-7-9-12/h10-12H,6-9H2,1-5H3. The van der Waals surface area contributed by atoms with Gasteiger partial charge < -0.3 is 0 Å². The summed E-state index contributed by atoms with van der Waals surface area (Å²) in [5.41, 5.74) is 0.542. The Labute approximate surface area is 84.1 Å². The molecule has 0 aliphatic heterocycles. The minimum Gasteiger partial charge on any atom is -0.0651 e. The van der Waals surface area contributed by atoms with Crippen LogP contribution in [0.1, 0.15) is 60.3 Å². The van der Waals surface area contributed by atoms with Gasteiger partial charge in [-0.05, 0) is 23.2 Å². The first-order valence-electron chi connectivity index (χ1n) is 6.00. The summed E-state index contributed by atoms with van der Waals surface area (Å²) >= 11 is 0. The van der Waals surface area contributed by atoms with Gasteiger partial charge in [-0.1, -0.05) is 60.3 Å². The van der Waals surface area contributed by atoms with E-state index in [9.17, 15) is 0 Å². The number of hydrogen-bond acceptors (Lipinski definition) is 0. The summed E-state index contributed by atoms with van der Waals surface area (Å²) in [4.78, 5) is 0. The average molecular weight is 182 g/mol.